The van der Waals surface area contributed by atoms with E-state index in [9.17, 15) is 34.8 Å². The summed E-state index contributed by atoms with van der Waals surface area (Å²) in [5.41, 5.74) is -4.30. The number of aliphatic hydroxyl groups is 2. The van der Waals surface area contributed by atoms with Crippen molar-refractivity contribution in [1.29, 1.82) is 0 Å². The van der Waals surface area contributed by atoms with E-state index >= 15 is 0 Å². The third kappa shape index (κ3) is 4.82. The van der Waals surface area contributed by atoms with E-state index in [2.05, 4.69) is 0 Å². The van der Waals surface area contributed by atoms with Gasteiger partial charge in [0, 0.05) is 35.0 Å². The van der Waals surface area contributed by atoms with Crippen LogP contribution < -0.4 is 9.47 Å². The van der Waals surface area contributed by atoms with Crippen molar-refractivity contribution in [1.82, 2.24) is 0 Å². The van der Waals surface area contributed by atoms with Crippen LogP contribution in [0.5, 0.6) is 17.2 Å². The van der Waals surface area contributed by atoms with Crippen LogP contribution in [0.2, 0.25) is 0 Å². The third-order valence-electron chi connectivity index (χ3n) is 11.0. The standard InChI is InChI=1S/C38H46O10/c1-19(2)9-10-23-30-22(12-14-36(8,46-30)15-13-26(39)34(4,5)45)28(40)27-29(41)24-17-21-18-25-35(6,7)48-37(32(21)42,16-11-20(3)33(43)44)38(24,25)47-31(23)27/h9,11-12,14,17,21,25-26,39-40,45H,10,13,15-16,18H2,1-8H3,(H,43,44)/b20-11-. The Morgan fingerprint density at radius 3 is 2.42 bits per heavy atom. The first-order valence-electron chi connectivity index (χ1n) is 16.6. The van der Waals surface area contributed by atoms with Gasteiger partial charge in [-0.15, -0.1) is 0 Å². The summed E-state index contributed by atoms with van der Waals surface area (Å²) in [4.78, 5) is 40.9. The number of aliphatic carboxylic acids is 1. The number of hydrogen-bond donors (Lipinski definition) is 4. The number of ether oxygens (including phenoxy) is 3. The minimum Gasteiger partial charge on any atom is -0.506 e. The zero-order chi connectivity index (χ0) is 35.4. The average Bonchev–Trinajstić information content (AvgIpc) is 3.14. The maximum atomic E-state index is 14.7. The van der Waals surface area contributed by atoms with E-state index in [4.69, 9.17) is 14.2 Å². The summed E-state index contributed by atoms with van der Waals surface area (Å²) >= 11 is 0. The lowest BCUT2D eigenvalue weighted by molar-refractivity contribution is -0.171. The third-order valence-corrected chi connectivity index (χ3v) is 11.0. The molecule has 1 spiro atoms. The molecular formula is C38H46O10. The first kappa shape index (κ1) is 34.1. The van der Waals surface area contributed by atoms with Gasteiger partial charge in [0.2, 0.25) is 0 Å². The number of carbonyl (C=O) groups excluding carboxylic acids is 2. The number of Topliss-reactive ketones (excluding diaryl/α,β-unsaturated/α-hetero) is 2. The van der Waals surface area contributed by atoms with Crippen molar-refractivity contribution in [3.8, 4) is 17.2 Å². The Balaban J connectivity index is 1.56. The first-order chi connectivity index (χ1) is 22.2. The van der Waals surface area contributed by atoms with Gasteiger partial charge in [-0.3, -0.25) is 9.59 Å². The van der Waals surface area contributed by atoms with E-state index in [0.717, 1.165) is 5.57 Å². The number of carboxylic acids is 1. The van der Waals surface area contributed by atoms with E-state index in [0.29, 0.717) is 29.7 Å². The van der Waals surface area contributed by atoms with Gasteiger partial charge in [-0.05, 0) is 93.2 Å². The lowest BCUT2D eigenvalue weighted by Gasteiger charge is -2.56. The number of phenolic OH excluding ortho intramolecular Hbond substituents is 1. The predicted molar refractivity (Wildman–Crippen MR) is 177 cm³/mol. The van der Waals surface area contributed by atoms with Crippen molar-refractivity contribution < 1.29 is 49.0 Å². The summed E-state index contributed by atoms with van der Waals surface area (Å²) in [6.07, 6.45) is 8.71. The van der Waals surface area contributed by atoms with E-state index in [1.807, 2.05) is 40.7 Å². The van der Waals surface area contributed by atoms with Crippen molar-refractivity contribution >= 4 is 23.6 Å². The van der Waals surface area contributed by atoms with Crippen LogP contribution >= 0.6 is 0 Å². The van der Waals surface area contributed by atoms with E-state index in [-0.39, 0.29) is 53.3 Å². The van der Waals surface area contributed by atoms with Gasteiger partial charge in [-0.25, -0.2) is 4.79 Å². The number of benzene rings is 1. The molecule has 3 aliphatic heterocycles. The molecule has 7 rings (SSSR count). The molecule has 1 aromatic carbocycles. The Labute approximate surface area is 280 Å². The smallest absolute Gasteiger partial charge is 0.330 e. The maximum absolute atomic E-state index is 14.7. The summed E-state index contributed by atoms with van der Waals surface area (Å²) < 4.78 is 20.5. The molecule has 258 valence electrons. The zero-order valence-corrected chi connectivity index (χ0v) is 28.9. The number of phenols is 1. The number of carbonyl (C=O) groups is 3. The van der Waals surface area contributed by atoms with Crippen LogP contribution in [0.15, 0.2) is 41.0 Å². The lowest BCUT2D eigenvalue weighted by atomic mass is 9.51. The molecule has 1 saturated heterocycles. The second-order valence-electron chi connectivity index (χ2n) is 15.7. The normalized spacial score (nSPS) is 31.6. The van der Waals surface area contributed by atoms with E-state index in [1.165, 1.54) is 13.0 Å². The molecule has 1 aromatic rings. The molecule has 6 atom stereocenters. The first-order valence-corrected chi connectivity index (χ1v) is 16.6. The largest absolute Gasteiger partial charge is 0.506 e. The highest BCUT2D eigenvalue weighted by molar-refractivity contribution is 6.19. The Morgan fingerprint density at radius 2 is 1.79 bits per heavy atom. The molecule has 10 nitrogen and oxygen atoms in total. The Kier molecular flexibility index (Phi) is 7.74. The highest BCUT2D eigenvalue weighted by Crippen LogP contribution is 2.68. The molecule has 3 aliphatic carbocycles. The lowest BCUT2D eigenvalue weighted by Crippen LogP contribution is -2.72. The monoisotopic (exact) mass is 662 g/mol. The van der Waals surface area contributed by atoms with Gasteiger partial charge in [0.15, 0.2) is 22.8 Å². The van der Waals surface area contributed by atoms with E-state index < -0.39 is 57.7 Å². The Morgan fingerprint density at radius 1 is 1.10 bits per heavy atom. The molecule has 10 heteroatoms. The fourth-order valence-corrected chi connectivity index (χ4v) is 8.30. The Hall–Kier alpha value is -3.73. The number of aromatic hydroxyl groups is 1. The van der Waals surface area contributed by atoms with Crippen LogP contribution in [0.1, 0.15) is 103 Å². The molecular weight excluding hydrogens is 616 g/mol. The topological polar surface area (TPSA) is 160 Å². The average molecular weight is 663 g/mol. The van der Waals surface area contributed by atoms with Gasteiger partial charge in [-0.2, -0.15) is 0 Å². The molecule has 1 saturated carbocycles. The highest BCUT2D eigenvalue weighted by atomic mass is 16.6. The molecule has 0 radical (unpaired) electrons. The van der Waals surface area contributed by atoms with Crippen LogP contribution in [-0.2, 0) is 20.7 Å². The minimum absolute atomic E-state index is 0.0123. The molecule has 4 N–H and O–H groups in total. The number of rotatable bonds is 9. The van der Waals surface area contributed by atoms with Gasteiger partial charge >= 0.3 is 5.97 Å². The van der Waals surface area contributed by atoms with Crippen LogP contribution in [0, 0.1) is 11.8 Å². The summed E-state index contributed by atoms with van der Waals surface area (Å²) in [5, 5.41) is 42.3. The maximum Gasteiger partial charge on any atom is 0.330 e. The quantitative estimate of drug-likeness (QED) is 0.199. The minimum atomic E-state index is -1.68. The summed E-state index contributed by atoms with van der Waals surface area (Å²) in [6, 6.07) is 0. The highest BCUT2D eigenvalue weighted by Gasteiger charge is 2.81. The van der Waals surface area contributed by atoms with Crippen molar-refractivity contribution in [2.24, 2.45) is 11.8 Å². The number of hydrogen-bond acceptors (Lipinski definition) is 9. The molecule has 3 heterocycles. The number of ketones is 2. The fourth-order valence-electron chi connectivity index (χ4n) is 8.30. The van der Waals surface area contributed by atoms with Gasteiger partial charge < -0.3 is 34.6 Å². The van der Waals surface area contributed by atoms with Crippen molar-refractivity contribution in [2.75, 3.05) is 0 Å². The van der Waals surface area contributed by atoms with Crippen molar-refractivity contribution in [3.05, 3.63) is 57.7 Å². The van der Waals surface area contributed by atoms with Crippen LogP contribution in [0.25, 0.3) is 6.08 Å². The Bertz CT molecular complexity index is 1750. The second-order valence-corrected chi connectivity index (χ2v) is 15.7. The summed E-state index contributed by atoms with van der Waals surface area (Å²) in [5.74, 6) is -2.78. The summed E-state index contributed by atoms with van der Waals surface area (Å²) in [6.45, 7) is 14.0. The zero-order valence-electron chi connectivity index (χ0n) is 28.9. The fraction of sp³-hybridized carbons (Fsp3) is 0.553. The van der Waals surface area contributed by atoms with Crippen LogP contribution in [0.4, 0.5) is 0 Å². The SMILES string of the molecule is CC(C)=CCc1c2c(c(O)c3c1OC14C(=CC5CC1C(C)(C)OC4(C/C=C(/C)C(=O)O)C5=O)C3=O)C=CC(C)(CCC(O)C(C)(C)O)O2. The number of allylic oxidation sites excluding steroid dienone is 3. The van der Waals surface area contributed by atoms with Gasteiger partial charge in [0.1, 0.15) is 28.4 Å². The van der Waals surface area contributed by atoms with Gasteiger partial charge in [-0.1, -0.05) is 23.8 Å². The number of carboxylic acid groups (broad SMARTS) is 1. The molecule has 6 unspecified atom stereocenters. The van der Waals surface area contributed by atoms with Crippen molar-refractivity contribution in [2.45, 2.75) is 122 Å². The summed E-state index contributed by atoms with van der Waals surface area (Å²) in [7, 11) is 0. The second kappa shape index (κ2) is 10.9. The van der Waals surface area contributed by atoms with Crippen LogP contribution in [-0.4, -0.2) is 72.1 Å². The molecule has 0 amide bonds. The van der Waals surface area contributed by atoms with Gasteiger partial charge in [0.05, 0.1) is 22.9 Å². The number of fused-ring (bicyclic) bond motifs is 2. The van der Waals surface area contributed by atoms with Crippen molar-refractivity contribution in [3.63, 3.8) is 0 Å². The molecule has 48 heavy (non-hydrogen) atoms. The molecule has 6 aliphatic rings. The number of aliphatic hydroxyl groups excluding tert-OH is 1. The van der Waals surface area contributed by atoms with E-state index in [1.54, 1.807) is 32.1 Å². The van der Waals surface area contributed by atoms with Gasteiger partial charge in [0.25, 0.3) is 0 Å². The molecule has 2 fully saturated rings. The predicted octanol–water partition coefficient (Wildman–Crippen LogP) is 5.40. The van der Waals surface area contributed by atoms with Crippen LogP contribution in [0.3, 0.4) is 0 Å². The molecule has 0 aromatic heterocycles. The molecule has 4 bridgehead atoms.